The Bertz CT molecular complexity index is 551. The molecular formula is C11H13BrN4OS. The molecular weight excluding hydrogens is 316 g/mol. The Labute approximate surface area is 117 Å². The van der Waals surface area contributed by atoms with Crippen LogP contribution in [0.2, 0.25) is 0 Å². The second-order valence-corrected chi connectivity index (χ2v) is 6.40. The molecule has 1 atom stereocenters. The van der Waals surface area contributed by atoms with Crippen molar-refractivity contribution in [3.05, 3.63) is 33.2 Å². The van der Waals surface area contributed by atoms with Gasteiger partial charge in [0, 0.05) is 11.1 Å². The van der Waals surface area contributed by atoms with Gasteiger partial charge in [0.05, 0.1) is 21.7 Å². The Hall–Kier alpha value is -1.34. The van der Waals surface area contributed by atoms with Crippen LogP contribution in [0.25, 0.3) is 0 Å². The minimum absolute atomic E-state index is 0.0978. The number of nitrogens with one attached hydrogen (secondary N) is 1. The van der Waals surface area contributed by atoms with Crippen LogP contribution < -0.4 is 11.1 Å². The molecule has 0 saturated heterocycles. The lowest BCUT2D eigenvalue weighted by Crippen LogP contribution is -2.18. The van der Waals surface area contributed by atoms with E-state index in [1.807, 2.05) is 6.07 Å². The summed E-state index contributed by atoms with van der Waals surface area (Å²) in [5, 5.41) is 7.38. The van der Waals surface area contributed by atoms with Gasteiger partial charge in [0.2, 0.25) is 5.91 Å². The first-order valence-corrected chi connectivity index (χ1v) is 6.98. The Morgan fingerprint density at radius 3 is 3.06 bits per heavy atom. The van der Waals surface area contributed by atoms with Crippen molar-refractivity contribution in [3.63, 3.8) is 0 Å². The van der Waals surface area contributed by atoms with E-state index in [-0.39, 0.29) is 12.6 Å². The van der Waals surface area contributed by atoms with Gasteiger partial charge in [-0.3, -0.25) is 9.48 Å². The van der Waals surface area contributed by atoms with E-state index in [4.69, 9.17) is 5.73 Å². The van der Waals surface area contributed by atoms with Crippen LogP contribution in [-0.4, -0.2) is 15.7 Å². The molecule has 0 aliphatic heterocycles. The fourth-order valence-corrected chi connectivity index (χ4v) is 2.99. The number of nitrogens with zero attached hydrogens (tertiary/aromatic N) is 2. The van der Waals surface area contributed by atoms with Gasteiger partial charge in [-0.05, 0) is 35.0 Å². The molecule has 2 aromatic heterocycles. The second-order valence-electron chi connectivity index (χ2n) is 3.90. The molecule has 0 fully saturated rings. The number of amides is 1. The van der Waals surface area contributed by atoms with E-state index >= 15 is 0 Å². The molecule has 0 aliphatic carbocycles. The largest absolute Gasteiger partial charge is 0.375 e. The summed E-state index contributed by atoms with van der Waals surface area (Å²) in [7, 11) is 0. The summed E-state index contributed by atoms with van der Waals surface area (Å²) < 4.78 is 2.62. The number of hydrogen-bond donors (Lipinski definition) is 2. The molecule has 0 radical (unpaired) electrons. The van der Waals surface area contributed by atoms with Crippen molar-refractivity contribution in [1.29, 1.82) is 0 Å². The molecule has 2 heterocycles. The summed E-state index contributed by atoms with van der Waals surface area (Å²) in [6, 6.07) is 4.28. The van der Waals surface area contributed by atoms with Gasteiger partial charge >= 0.3 is 0 Å². The fourth-order valence-electron chi connectivity index (χ4n) is 1.57. The van der Waals surface area contributed by atoms with Crippen LogP contribution in [0.15, 0.2) is 28.3 Å². The normalized spacial score (nSPS) is 12.3. The predicted octanol–water partition coefficient (Wildman–Crippen LogP) is 2.37. The number of nitrogens with two attached hydrogens (primary N) is 1. The lowest BCUT2D eigenvalue weighted by atomic mass is 10.3. The summed E-state index contributed by atoms with van der Waals surface area (Å²) in [6.45, 7) is 2.17. The van der Waals surface area contributed by atoms with Gasteiger partial charge in [0.1, 0.15) is 6.54 Å². The Morgan fingerprint density at radius 1 is 1.67 bits per heavy atom. The number of thiophene rings is 1. The molecule has 2 aromatic rings. The average Bonchev–Trinajstić information content (AvgIpc) is 2.87. The first kappa shape index (κ1) is 13.1. The average molecular weight is 329 g/mol. The maximum absolute atomic E-state index is 10.8. The van der Waals surface area contributed by atoms with Gasteiger partial charge in [-0.1, -0.05) is 0 Å². The highest BCUT2D eigenvalue weighted by Crippen LogP contribution is 2.29. The minimum Gasteiger partial charge on any atom is -0.375 e. The number of aromatic nitrogens is 2. The highest BCUT2D eigenvalue weighted by atomic mass is 79.9. The molecule has 3 N–H and O–H groups in total. The summed E-state index contributed by atoms with van der Waals surface area (Å²) in [4.78, 5) is 12.0. The number of carbonyl (C=O) groups is 1. The van der Waals surface area contributed by atoms with Crippen molar-refractivity contribution in [2.24, 2.45) is 5.73 Å². The molecule has 0 bridgehead atoms. The van der Waals surface area contributed by atoms with E-state index in [1.54, 1.807) is 23.7 Å². The van der Waals surface area contributed by atoms with E-state index in [9.17, 15) is 4.79 Å². The summed E-state index contributed by atoms with van der Waals surface area (Å²) in [6.07, 6.45) is 3.45. The van der Waals surface area contributed by atoms with Gasteiger partial charge in [0.25, 0.3) is 0 Å². The zero-order valence-electron chi connectivity index (χ0n) is 9.76. The van der Waals surface area contributed by atoms with Crippen LogP contribution in [0.5, 0.6) is 0 Å². The zero-order chi connectivity index (χ0) is 13.1. The van der Waals surface area contributed by atoms with Gasteiger partial charge in [0.15, 0.2) is 0 Å². The quantitative estimate of drug-likeness (QED) is 0.884. The second kappa shape index (κ2) is 5.53. The van der Waals surface area contributed by atoms with Crippen LogP contribution in [-0.2, 0) is 11.3 Å². The lowest BCUT2D eigenvalue weighted by Gasteiger charge is -2.11. The number of primary amides is 1. The van der Waals surface area contributed by atoms with Crippen molar-refractivity contribution < 1.29 is 4.79 Å². The Balaban J connectivity index is 2.00. The van der Waals surface area contributed by atoms with Crippen molar-refractivity contribution in [3.8, 4) is 0 Å². The minimum atomic E-state index is -0.403. The van der Waals surface area contributed by atoms with Crippen molar-refractivity contribution in [1.82, 2.24) is 9.78 Å². The maximum atomic E-state index is 10.8. The van der Waals surface area contributed by atoms with Crippen molar-refractivity contribution >= 4 is 38.9 Å². The van der Waals surface area contributed by atoms with Crippen LogP contribution in [0.4, 0.5) is 5.69 Å². The summed E-state index contributed by atoms with van der Waals surface area (Å²) >= 11 is 5.13. The molecule has 0 aromatic carbocycles. The van der Waals surface area contributed by atoms with Crippen LogP contribution >= 0.6 is 27.3 Å². The maximum Gasteiger partial charge on any atom is 0.239 e. The van der Waals surface area contributed by atoms with E-state index in [2.05, 4.69) is 39.3 Å². The number of hydrogen-bond acceptors (Lipinski definition) is 4. The van der Waals surface area contributed by atoms with Crippen LogP contribution in [0.1, 0.15) is 17.8 Å². The molecule has 1 amide bonds. The number of rotatable bonds is 5. The first-order valence-electron chi connectivity index (χ1n) is 5.37. The third kappa shape index (κ3) is 3.33. The fraction of sp³-hybridized carbons (Fsp3) is 0.273. The van der Waals surface area contributed by atoms with Crippen molar-refractivity contribution in [2.45, 2.75) is 19.5 Å². The third-order valence-electron chi connectivity index (χ3n) is 2.36. The molecule has 0 saturated carbocycles. The molecule has 96 valence electrons. The molecule has 18 heavy (non-hydrogen) atoms. The summed E-state index contributed by atoms with van der Waals surface area (Å²) in [5.41, 5.74) is 5.97. The zero-order valence-corrected chi connectivity index (χ0v) is 12.2. The molecule has 7 heteroatoms. The highest BCUT2D eigenvalue weighted by Gasteiger charge is 2.09. The van der Waals surface area contributed by atoms with Crippen LogP contribution in [0, 0.1) is 0 Å². The van der Waals surface area contributed by atoms with Crippen molar-refractivity contribution in [2.75, 3.05) is 5.32 Å². The Kier molecular flexibility index (Phi) is 4.03. The highest BCUT2D eigenvalue weighted by molar-refractivity contribution is 9.11. The monoisotopic (exact) mass is 328 g/mol. The van der Waals surface area contributed by atoms with E-state index < -0.39 is 5.91 Å². The van der Waals surface area contributed by atoms with Gasteiger partial charge < -0.3 is 11.1 Å². The standard InChI is InChI=1S/C11H13BrN4OS/c1-7(9-2-3-10(12)18-9)15-8-4-14-16(5-8)6-11(13)17/h2-5,7,15H,6H2,1H3,(H2,13,17). The Morgan fingerprint density at radius 2 is 2.44 bits per heavy atom. The van der Waals surface area contributed by atoms with E-state index in [0.29, 0.717) is 0 Å². The SMILES string of the molecule is CC(Nc1cnn(CC(N)=O)c1)c1ccc(Br)s1. The lowest BCUT2D eigenvalue weighted by molar-refractivity contribution is -0.118. The number of carbonyl (C=O) groups excluding carboxylic acids is 1. The molecule has 1 unspecified atom stereocenters. The van der Waals surface area contributed by atoms with Gasteiger partial charge in [-0.15, -0.1) is 11.3 Å². The summed E-state index contributed by atoms with van der Waals surface area (Å²) in [5.74, 6) is -0.403. The van der Waals surface area contributed by atoms with E-state index in [0.717, 1.165) is 9.47 Å². The first-order chi connectivity index (χ1) is 8.54. The molecule has 0 spiro atoms. The predicted molar refractivity (Wildman–Crippen MR) is 75.5 cm³/mol. The van der Waals surface area contributed by atoms with Gasteiger partial charge in [-0.2, -0.15) is 5.10 Å². The topological polar surface area (TPSA) is 72.9 Å². The third-order valence-corrected chi connectivity index (χ3v) is 4.16. The van der Waals surface area contributed by atoms with E-state index in [1.165, 1.54) is 9.56 Å². The molecule has 0 aliphatic rings. The number of anilines is 1. The molecule has 5 nitrogen and oxygen atoms in total. The molecule has 2 rings (SSSR count). The van der Waals surface area contributed by atoms with Gasteiger partial charge in [-0.25, -0.2) is 0 Å². The number of halogens is 1. The smallest absolute Gasteiger partial charge is 0.239 e. The van der Waals surface area contributed by atoms with Crippen LogP contribution in [0.3, 0.4) is 0 Å².